The van der Waals surface area contributed by atoms with Gasteiger partial charge < -0.3 is 9.15 Å². The number of hydrogen-bond donors (Lipinski definition) is 0. The minimum absolute atomic E-state index is 0.0838. The van der Waals surface area contributed by atoms with Crippen LogP contribution in [0.25, 0.3) is 11.0 Å². The highest BCUT2D eigenvalue weighted by Crippen LogP contribution is 2.27. The summed E-state index contributed by atoms with van der Waals surface area (Å²) in [7, 11) is 0. The van der Waals surface area contributed by atoms with Gasteiger partial charge in [0.25, 0.3) is 0 Å². The molecule has 3 aromatic rings. The lowest BCUT2D eigenvalue weighted by Crippen LogP contribution is -2.10. The van der Waals surface area contributed by atoms with Crippen molar-refractivity contribution in [2.75, 3.05) is 0 Å². The Bertz CT molecular complexity index is 852. The largest absolute Gasteiger partial charge is 0.450 e. The number of para-hydroxylation sites is 1. The van der Waals surface area contributed by atoms with Crippen LogP contribution >= 0.6 is 0 Å². The van der Waals surface area contributed by atoms with Crippen molar-refractivity contribution in [3.63, 3.8) is 0 Å². The summed E-state index contributed by atoms with van der Waals surface area (Å²) < 4.78 is 10.9. The predicted molar refractivity (Wildman–Crippen MR) is 87.7 cm³/mol. The van der Waals surface area contributed by atoms with Crippen LogP contribution in [0.1, 0.15) is 26.3 Å². The molecular formula is C19H18O3. The molecular weight excluding hydrogens is 276 g/mol. The van der Waals surface area contributed by atoms with Gasteiger partial charge in [-0.3, -0.25) is 0 Å². The molecule has 0 saturated carbocycles. The van der Waals surface area contributed by atoms with E-state index in [1.807, 2.05) is 42.5 Å². The van der Waals surface area contributed by atoms with Gasteiger partial charge in [0.05, 0.1) is 0 Å². The molecule has 0 N–H and O–H groups in total. The molecule has 0 amide bonds. The van der Waals surface area contributed by atoms with E-state index in [1.165, 1.54) is 5.56 Å². The van der Waals surface area contributed by atoms with Gasteiger partial charge in [-0.05, 0) is 35.2 Å². The second-order valence-electron chi connectivity index (χ2n) is 6.31. The first kappa shape index (κ1) is 14.4. The third kappa shape index (κ3) is 2.89. The minimum atomic E-state index is -0.474. The van der Waals surface area contributed by atoms with Crippen LogP contribution in [0, 0.1) is 0 Å². The summed E-state index contributed by atoms with van der Waals surface area (Å²) >= 11 is 0. The Morgan fingerprint density at radius 2 is 1.64 bits per heavy atom. The van der Waals surface area contributed by atoms with Crippen LogP contribution in [0.3, 0.4) is 0 Å². The van der Waals surface area contributed by atoms with Crippen LogP contribution in [0.2, 0.25) is 0 Å². The normalized spacial score (nSPS) is 11.6. The summed E-state index contributed by atoms with van der Waals surface area (Å²) in [6.07, 6.45) is 0. The molecule has 112 valence electrons. The van der Waals surface area contributed by atoms with Crippen molar-refractivity contribution in [2.24, 2.45) is 0 Å². The molecule has 3 heteroatoms. The number of ether oxygens (including phenoxy) is 1. The van der Waals surface area contributed by atoms with Crippen LogP contribution in [0.5, 0.6) is 11.5 Å². The van der Waals surface area contributed by atoms with E-state index in [9.17, 15) is 4.79 Å². The molecule has 1 heterocycles. The van der Waals surface area contributed by atoms with Crippen molar-refractivity contribution in [3.05, 3.63) is 70.6 Å². The molecule has 0 aliphatic carbocycles. The van der Waals surface area contributed by atoms with Gasteiger partial charge in [0.15, 0.2) is 0 Å². The summed E-state index contributed by atoms with van der Waals surface area (Å²) in [6, 6.07) is 16.8. The Balaban J connectivity index is 1.93. The Labute approximate surface area is 129 Å². The zero-order valence-corrected chi connectivity index (χ0v) is 12.9. The Hall–Kier alpha value is -2.55. The molecule has 0 fully saturated rings. The van der Waals surface area contributed by atoms with Crippen molar-refractivity contribution in [2.45, 2.75) is 26.2 Å². The summed E-state index contributed by atoms with van der Waals surface area (Å²) in [5.41, 5.74) is 1.38. The van der Waals surface area contributed by atoms with E-state index in [-0.39, 0.29) is 11.2 Å². The van der Waals surface area contributed by atoms with Crippen molar-refractivity contribution in [1.82, 2.24) is 0 Å². The van der Waals surface area contributed by atoms with Crippen molar-refractivity contribution in [3.8, 4) is 11.5 Å². The molecule has 0 saturated heterocycles. The lowest BCUT2D eigenvalue weighted by Gasteiger charge is -2.19. The predicted octanol–water partition coefficient (Wildman–Crippen LogP) is 4.88. The van der Waals surface area contributed by atoms with Gasteiger partial charge in [0.1, 0.15) is 11.3 Å². The highest BCUT2D eigenvalue weighted by atomic mass is 16.5. The molecule has 0 radical (unpaired) electrons. The third-order valence-electron chi connectivity index (χ3n) is 3.56. The van der Waals surface area contributed by atoms with Gasteiger partial charge in [-0.1, -0.05) is 51.1 Å². The maximum absolute atomic E-state index is 12.0. The maximum atomic E-state index is 12.0. The molecule has 3 nitrogen and oxygen atoms in total. The fourth-order valence-electron chi connectivity index (χ4n) is 2.26. The Morgan fingerprint density at radius 1 is 0.955 bits per heavy atom. The van der Waals surface area contributed by atoms with E-state index in [0.717, 1.165) is 5.39 Å². The van der Waals surface area contributed by atoms with Gasteiger partial charge >= 0.3 is 5.63 Å². The zero-order chi connectivity index (χ0) is 15.7. The van der Waals surface area contributed by atoms with Crippen LogP contribution in [-0.4, -0.2) is 0 Å². The molecule has 2 aromatic carbocycles. The van der Waals surface area contributed by atoms with Gasteiger partial charge in [-0.15, -0.1) is 0 Å². The SMILES string of the molecule is CC(C)(C)c1ccc(Oc2cc3ccccc3oc2=O)cc1. The smallest absolute Gasteiger partial charge is 0.379 e. The average molecular weight is 294 g/mol. The van der Waals surface area contributed by atoms with Crippen molar-refractivity contribution < 1.29 is 9.15 Å². The number of rotatable bonds is 2. The van der Waals surface area contributed by atoms with E-state index in [2.05, 4.69) is 20.8 Å². The number of hydrogen-bond acceptors (Lipinski definition) is 3. The second kappa shape index (κ2) is 5.34. The van der Waals surface area contributed by atoms with E-state index >= 15 is 0 Å². The van der Waals surface area contributed by atoms with Gasteiger partial charge in [-0.2, -0.15) is 0 Å². The van der Waals surface area contributed by atoms with E-state index < -0.39 is 5.63 Å². The standard InChI is InChI=1S/C19H18O3/c1-19(2,3)14-8-10-15(11-9-14)21-17-12-13-6-4-5-7-16(13)22-18(17)20/h4-12H,1-3H3. The monoisotopic (exact) mass is 294 g/mol. The summed E-state index contributed by atoms with van der Waals surface area (Å²) in [5, 5.41) is 0.836. The maximum Gasteiger partial charge on any atom is 0.379 e. The second-order valence-corrected chi connectivity index (χ2v) is 6.31. The van der Waals surface area contributed by atoms with Gasteiger partial charge in [0.2, 0.25) is 5.75 Å². The molecule has 0 unspecified atom stereocenters. The Kier molecular flexibility index (Phi) is 3.49. The van der Waals surface area contributed by atoms with E-state index in [0.29, 0.717) is 11.3 Å². The zero-order valence-electron chi connectivity index (χ0n) is 12.9. The van der Waals surface area contributed by atoms with Gasteiger partial charge in [-0.25, -0.2) is 4.79 Å². The first-order valence-electron chi connectivity index (χ1n) is 7.25. The van der Waals surface area contributed by atoms with Crippen LogP contribution in [-0.2, 0) is 5.41 Å². The molecule has 0 bridgehead atoms. The molecule has 22 heavy (non-hydrogen) atoms. The fraction of sp³-hybridized carbons (Fsp3) is 0.211. The minimum Gasteiger partial charge on any atom is -0.450 e. The topological polar surface area (TPSA) is 39.4 Å². The quantitative estimate of drug-likeness (QED) is 0.632. The summed E-state index contributed by atoms with van der Waals surface area (Å²) in [4.78, 5) is 12.0. The summed E-state index contributed by atoms with van der Waals surface area (Å²) in [6.45, 7) is 6.46. The molecule has 0 aliphatic heterocycles. The van der Waals surface area contributed by atoms with Crippen LogP contribution < -0.4 is 10.4 Å². The highest BCUT2D eigenvalue weighted by molar-refractivity contribution is 5.77. The van der Waals surface area contributed by atoms with Crippen molar-refractivity contribution >= 4 is 11.0 Å². The average Bonchev–Trinajstić information content (AvgIpc) is 2.48. The van der Waals surface area contributed by atoms with Gasteiger partial charge in [0, 0.05) is 5.39 Å². The van der Waals surface area contributed by atoms with Crippen LogP contribution in [0.4, 0.5) is 0 Å². The Morgan fingerprint density at radius 3 is 2.32 bits per heavy atom. The number of benzene rings is 2. The van der Waals surface area contributed by atoms with E-state index in [4.69, 9.17) is 9.15 Å². The lowest BCUT2D eigenvalue weighted by atomic mass is 9.87. The molecule has 0 atom stereocenters. The van der Waals surface area contributed by atoms with Crippen LogP contribution in [0.15, 0.2) is 63.8 Å². The molecule has 0 spiro atoms. The lowest BCUT2D eigenvalue weighted by molar-refractivity contribution is 0.437. The number of fused-ring (bicyclic) bond motifs is 1. The van der Waals surface area contributed by atoms with E-state index in [1.54, 1.807) is 12.1 Å². The first-order chi connectivity index (χ1) is 10.4. The molecule has 0 aliphatic rings. The van der Waals surface area contributed by atoms with Crippen molar-refractivity contribution in [1.29, 1.82) is 0 Å². The first-order valence-corrected chi connectivity index (χ1v) is 7.25. The molecule has 1 aromatic heterocycles. The summed E-state index contributed by atoms with van der Waals surface area (Å²) in [5.74, 6) is 0.817. The highest BCUT2D eigenvalue weighted by Gasteiger charge is 2.13. The third-order valence-corrected chi connectivity index (χ3v) is 3.56. The molecule has 3 rings (SSSR count). The fourth-order valence-corrected chi connectivity index (χ4v) is 2.26.